The molecule has 0 spiro atoms. The molecule has 1 heterocycles. The van der Waals surface area contributed by atoms with Crippen LogP contribution in [-0.2, 0) is 17.8 Å². The first-order valence-corrected chi connectivity index (χ1v) is 5.23. The van der Waals surface area contributed by atoms with E-state index in [2.05, 4.69) is 30.9 Å². The minimum absolute atomic E-state index is 0.731. The second kappa shape index (κ2) is 5.56. The van der Waals surface area contributed by atoms with Gasteiger partial charge < -0.3 is 10.5 Å². The van der Waals surface area contributed by atoms with Crippen LogP contribution in [0.5, 0.6) is 0 Å². The molecule has 0 saturated carbocycles. The lowest BCUT2D eigenvalue weighted by molar-refractivity contribution is 0.180. The highest BCUT2D eigenvalue weighted by molar-refractivity contribution is 5.35. The van der Waals surface area contributed by atoms with Crippen LogP contribution in [0.4, 0.5) is 0 Å². The number of fused-ring (bicyclic) bond motifs is 1. The third-order valence-corrected chi connectivity index (χ3v) is 2.46. The first kappa shape index (κ1) is 11.8. The highest BCUT2D eigenvalue weighted by atomic mass is 16.5. The smallest absolute Gasteiger partial charge is 0.113 e. The van der Waals surface area contributed by atoms with Crippen LogP contribution in [-0.4, -0.2) is 7.05 Å². The predicted molar refractivity (Wildman–Crippen MR) is 63.5 cm³/mol. The zero-order valence-electron chi connectivity index (χ0n) is 9.71. The molecule has 0 aliphatic carbocycles. The van der Waals surface area contributed by atoms with Gasteiger partial charge in [-0.25, -0.2) is 0 Å². The Morgan fingerprint density at radius 1 is 1.27 bits per heavy atom. The summed E-state index contributed by atoms with van der Waals surface area (Å²) in [6, 6.07) is 6.56. The molecule has 2 N–H and O–H groups in total. The lowest BCUT2D eigenvalue weighted by Crippen LogP contribution is -2.08. The number of hydrogen-bond donors (Lipinski definition) is 1. The molecule has 0 saturated heterocycles. The summed E-state index contributed by atoms with van der Waals surface area (Å²) in [6.07, 6.45) is 3.00. The van der Waals surface area contributed by atoms with Crippen LogP contribution in [0, 0.1) is 6.92 Å². The molecule has 1 aliphatic rings. The molecular weight excluding hydrogens is 186 g/mol. The SMILES string of the molecule is C/C=C1/Cc2cc(C)ccc2CO1.CN. The van der Waals surface area contributed by atoms with E-state index in [0.29, 0.717) is 0 Å². The molecule has 0 bridgehead atoms. The van der Waals surface area contributed by atoms with E-state index in [1.165, 1.54) is 23.7 Å². The fourth-order valence-corrected chi connectivity index (χ4v) is 1.65. The van der Waals surface area contributed by atoms with Crippen LogP contribution < -0.4 is 5.73 Å². The molecule has 82 valence electrons. The molecule has 0 aromatic heterocycles. The number of nitrogens with two attached hydrogens (primary N) is 1. The zero-order valence-corrected chi connectivity index (χ0v) is 9.71. The van der Waals surface area contributed by atoms with Gasteiger partial charge in [-0.2, -0.15) is 0 Å². The molecular formula is C13H19NO. The summed E-state index contributed by atoms with van der Waals surface area (Å²) in [4.78, 5) is 0. The monoisotopic (exact) mass is 205 g/mol. The minimum atomic E-state index is 0.731. The van der Waals surface area contributed by atoms with Crippen molar-refractivity contribution in [2.45, 2.75) is 26.9 Å². The van der Waals surface area contributed by atoms with E-state index >= 15 is 0 Å². The van der Waals surface area contributed by atoms with Crippen molar-refractivity contribution in [2.24, 2.45) is 5.73 Å². The van der Waals surface area contributed by atoms with Crippen molar-refractivity contribution < 1.29 is 4.74 Å². The second-order valence-electron chi connectivity index (χ2n) is 3.49. The van der Waals surface area contributed by atoms with Crippen molar-refractivity contribution in [3.8, 4) is 0 Å². The molecule has 0 atom stereocenters. The van der Waals surface area contributed by atoms with Crippen LogP contribution in [0.1, 0.15) is 23.6 Å². The van der Waals surface area contributed by atoms with E-state index in [1.807, 2.05) is 13.0 Å². The van der Waals surface area contributed by atoms with E-state index in [9.17, 15) is 0 Å². The van der Waals surface area contributed by atoms with Crippen LogP contribution in [0.3, 0.4) is 0 Å². The highest BCUT2D eigenvalue weighted by Crippen LogP contribution is 2.23. The van der Waals surface area contributed by atoms with Gasteiger partial charge in [0.25, 0.3) is 0 Å². The van der Waals surface area contributed by atoms with Crippen LogP contribution >= 0.6 is 0 Å². The Hall–Kier alpha value is -1.28. The summed E-state index contributed by atoms with van der Waals surface area (Å²) in [6.45, 7) is 4.89. The van der Waals surface area contributed by atoms with Crippen molar-refractivity contribution in [1.29, 1.82) is 0 Å². The van der Waals surface area contributed by atoms with Crippen LogP contribution in [0.25, 0.3) is 0 Å². The van der Waals surface area contributed by atoms with Crippen molar-refractivity contribution in [3.63, 3.8) is 0 Å². The van der Waals surface area contributed by atoms with E-state index in [1.54, 1.807) is 0 Å². The summed E-state index contributed by atoms with van der Waals surface area (Å²) >= 11 is 0. The maximum absolute atomic E-state index is 5.55. The van der Waals surface area contributed by atoms with Gasteiger partial charge >= 0.3 is 0 Å². The topological polar surface area (TPSA) is 35.2 Å². The number of benzene rings is 1. The maximum atomic E-state index is 5.55. The van der Waals surface area contributed by atoms with Crippen molar-refractivity contribution in [3.05, 3.63) is 46.7 Å². The van der Waals surface area contributed by atoms with Gasteiger partial charge in [0, 0.05) is 6.42 Å². The Morgan fingerprint density at radius 3 is 2.67 bits per heavy atom. The van der Waals surface area contributed by atoms with Crippen molar-refractivity contribution in [1.82, 2.24) is 0 Å². The molecule has 0 unspecified atom stereocenters. The fraction of sp³-hybridized carbons (Fsp3) is 0.385. The number of aryl methyl sites for hydroxylation is 1. The van der Waals surface area contributed by atoms with Gasteiger partial charge in [-0.3, -0.25) is 0 Å². The van der Waals surface area contributed by atoms with Crippen molar-refractivity contribution >= 4 is 0 Å². The third kappa shape index (κ3) is 2.83. The van der Waals surface area contributed by atoms with Gasteiger partial charge in [0.1, 0.15) is 6.61 Å². The first-order chi connectivity index (χ1) is 7.29. The molecule has 1 aliphatic heterocycles. The van der Waals surface area contributed by atoms with Gasteiger partial charge in [-0.05, 0) is 38.1 Å². The summed E-state index contributed by atoms with van der Waals surface area (Å²) in [5, 5.41) is 0. The summed E-state index contributed by atoms with van der Waals surface area (Å²) in [7, 11) is 1.50. The third-order valence-electron chi connectivity index (χ3n) is 2.46. The average molecular weight is 205 g/mol. The van der Waals surface area contributed by atoms with E-state index in [4.69, 9.17) is 4.74 Å². The Kier molecular flexibility index (Phi) is 4.37. The molecule has 1 aromatic carbocycles. The molecule has 1 aromatic rings. The summed E-state index contributed by atoms with van der Waals surface area (Å²) in [5.41, 5.74) is 8.58. The molecule has 2 rings (SSSR count). The lowest BCUT2D eigenvalue weighted by atomic mass is 9.99. The highest BCUT2D eigenvalue weighted by Gasteiger charge is 2.12. The van der Waals surface area contributed by atoms with Crippen LogP contribution in [0.2, 0.25) is 0 Å². The molecule has 0 amide bonds. The zero-order chi connectivity index (χ0) is 11.3. The molecule has 15 heavy (non-hydrogen) atoms. The molecule has 2 heteroatoms. The molecule has 0 radical (unpaired) electrons. The molecule has 0 fully saturated rings. The summed E-state index contributed by atoms with van der Waals surface area (Å²) < 4.78 is 5.55. The Bertz CT molecular complexity index is 356. The average Bonchev–Trinajstić information content (AvgIpc) is 2.30. The Morgan fingerprint density at radius 2 is 2.00 bits per heavy atom. The second-order valence-corrected chi connectivity index (χ2v) is 3.49. The number of allylic oxidation sites excluding steroid dienone is 2. The van der Waals surface area contributed by atoms with E-state index in [-0.39, 0.29) is 0 Å². The van der Waals surface area contributed by atoms with Crippen molar-refractivity contribution in [2.75, 3.05) is 7.05 Å². The predicted octanol–water partition coefficient (Wildman–Crippen LogP) is 2.55. The normalized spacial score (nSPS) is 16.1. The first-order valence-electron chi connectivity index (χ1n) is 5.23. The lowest BCUT2D eigenvalue weighted by Gasteiger charge is -2.20. The quantitative estimate of drug-likeness (QED) is 0.706. The number of ether oxygens (including phenoxy) is 1. The Balaban J connectivity index is 0.000000531. The van der Waals surface area contributed by atoms with Gasteiger partial charge in [-0.15, -0.1) is 0 Å². The van der Waals surface area contributed by atoms with Crippen LogP contribution in [0.15, 0.2) is 30.0 Å². The van der Waals surface area contributed by atoms with Gasteiger partial charge in [0.2, 0.25) is 0 Å². The fourth-order valence-electron chi connectivity index (χ4n) is 1.65. The summed E-state index contributed by atoms with van der Waals surface area (Å²) in [5.74, 6) is 1.10. The van der Waals surface area contributed by atoms with Gasteiger partial charge in [0.15, 0.2) is 0 Å². The maximum Gasteiger partial charge on any atom is 0.113 e. The van der Waals surface area contributed by atoms with Gasteiger partial charge in [-0.1, -0.05) is 23.8 Å². The largest absolute Gasteiger partial charge is 0.493 e. The molecule has 2 nitrogen and oxygen atoms in total. The Labute approximate surface area is 91.7 Å². The number of rotatable bonds is 0. The standard InChI is InChI=1S/C12H14O.CH5N/c1-3-12-7-11-6-9(2)4-5-10(11)8-13-12;1-2/h3-6H,7-8H2,1-2H3;2H2,1H3/b12-3-;. The van der Waals surface area contributed by atoms with E-state index < -0.39 is 0 Å². The van der Waals surface area contributed by atoms with E-state index in [0.717, 1.165) is 18.8 Å². The van der Waals surface area contributed by atoms with Gasteiger partial charge in [0.05, 0.1) is 5.76 Å². The minimum Gasteiger partial charge on any atom is -0.493 e. The number of hydrogen-bond acceptors (Lipinski definition) is 2.